The minimum absolute atomic E-state index is 0.189. The third-order valence-corrected chi connectivity index (χ3v) is 4.26. The van der Waals surface area contributed by atoms with Gasteiger partial charge in [-0.05, 0) is 50.1 Å². The van der Waals surface area contributed by atoms with Crippen LogP contribution in [-0.2, 0) is 16.6 Å². The fourth-order valence-corrected chi connectivity index (χ4v) is 3.06. The van der Waals surface area contributed by atoms with E-state index >= 15 is 0 Å². The van der Waals surface area contributed by atoms with E-state index in [4.69, 9.17) is 0 Å². The summed E-state index contributed by atoms with van der Waals surface area (Å²) in [4.78, 5) is 12.2. The Kier molecular flexibility index (Phi) is 5.84. The van der Waals surface area contributed by atoms with Crippen molar-refractivity contribution in [3.8, 4) is 0 Å². The van der Waals surface area contributed by atoms with E-state index in [1.165, 1.54) is 0 Å². The van der Waals surface area contributed by atoms with Crippen molar-refractivity contribution in [1.29, 1.82) is 0 Å². The molecule has 7 nitrogen and oxygen atoms in total. The molecule has 1 aromatic heterocycles. The number of amides is 1. The summed E-state index contributed by atoms with van der Waals surface area (Å²) in [7, 11) is -3.32. The van der Waals surface area contributed by atoms with Gasteiger partial charge in [0.05, 0.1) is 11.9 Å². The molecule has 2 rings (SSSR count). The number of rotatable bonds is 7. The standard InChI is InChI=1S/C17H24N4O3S/c1-12(11-21-14(3)9-13(2)19-21)10-18-17(22)15-5-7-16(8-6-15)20-25(4,23)24/h5-9,12,20H,10-11H2,1-4H3,(H,18,22)/t12-/m0/s1. The van der Waals surface area contributed by atoms with Crippen molar-refractivity contribution in [2.24, 2.45) is 5.92 Å². The van der Waals surface area contributed by atoms with Crippen LogP contribution in [0.3, 0.4) is 0 Å². The maximum Gasteiger partial charge on any atom is 0.251 e. The fraction of sp³-hybridized carbons (Fsp3) is 0.412. The number of carbonyl (C=O) groups excluding carboxylic acids is 1. The highest BCUT2D eigenvalue weighted by Crippen LogP contribution is 2.11. The Balaban J connectivity index is 1.88. The number of aryl methyl sites for hydroxylation is 2. The highest BCUT2D eigenvalue weighted by molar-refractivity contribution is 7.92. The Morgan fingerprint density at radius 3 is 2.40 bits per heavy atom. The predicted octanol–water partition coefficient (Wildman–Crippen LogP) is 1.94. The summed E-state index contributed by atoms with van der Waals surface area (Å²) in [6.07, 6.45) is 1.08. The smallest absolute Gasteiger partial charge is 0.251 e. The molecule has 0 aliphatic heterocycles. The second kappa shape index (κ2) is 7.69. The molecule has 0 unspecified atom stereocenters. The summed E-state index contributed by atoms with van der Waals surface area (Å²) in [5, 5.41) is 7.32. The average molecular weight is 364 g/mol. The van der Waals surface area contributed by atoms with Gasteiger partial charge in [0.25, 0.3) is 5.91 Å². The molecule has 1 atom stereocenters. The van der Waals surface area contributed by atoms with Crippen LogP contribution in [0.2, 0.25) is 0 Å². The highest BCUT2D eigenvalue weighted by atomic mass is 32.2. The highest BCUT2D eigenvalue weighted by Gasteiger charge is 2.11. The lowest BCUT2D eigenvalue weighted by Gasteiger charge is -2.14. The lowest BCUT2D eigenvalue weighted by molar-refractivity contribution is 0.0946. The minimum atomic E-state index is -3.32. The van der Waals surface area contributed by atoms with Crippen LogP contribution in [0.1, 0.15) is 28.7 Å². The van der Waals surface area contributed by atoms with E-state index in [-0.39, 0.29) is 11.8 Å². The summed E-state index contributed by atoms with van der Waals surface area (Å²) in [6.45, 7) is 7.28. The largest absolute Gasteiger partial charge is 0.352 e. The lowest BCUT2D eigenvalue weighted by Crippen LogP contribution is -2.30. The number of aromatic nitrogens is 2. The first-order chi connectivity index (χ1) is 11.6. The number of anilines is 1. The predicted molar refractivity (Wildman–Crippen MR) is 98.1 cm³/mol. The Morgan fingerprint density at radius 1 is 1.24 bits per heavy atom. The number of sulfonamides is 1. The van der Waals surface area contributed by atoms with E-state index in [2.05, 4.69) is 22.1 Å². The molecule has 2 aromatic rings. The van der Waals surface area contributed by atoms with Crippen molar-refractivity contribution in [1.82, 2.24) is 15.1 Å². The van der Waals surface area contributed by atoms with Crippen LogP contribution in [0.25, 0.3) is 0 Å². The molecule has 0 fully saturated rings. The monoisotopic (exact) mass is 364 g/mol. The van der Waals surface area contributed by atoms with Gasteiger partial charge in [0.2, 0.25) is 10.0 Å². The molecule has 0 aliphatic carbocycles. The Morgan fingerprint density at radius 2 is 1.88 bits per heavy atom. The van der Waals surface area contributed by atoms with Crippen LogP contribution in [0, 0.1) is 19.8 Å². The van der Waals surface area contributed by atoms with Gasteiger partial charge < -0.3 is 5.32 Å². The van der Waals surface area contributed by atoms with Crippen molar-refractivity contribution in [2.75, 3.05) is 17.5 Å². The molecule has 0 aliphatic rings. The topological polar surface area (TPSA) is 93.1 Å². The zero-order valence-corrected chi connectivity index (χ0v) is 15.7. The lowest BCUT2D eigenvalue weighted by atomic mass is 10.1. The number of hydrogen-bond acceptors (Lipinski definition) is 4. The average Bonchev–Trinajstić information content (AvgIpc) is 2.81. The second-order valence-corrected chi connectivity index (χ2v) is 8.12. The van der Waals surface area contributed by atoms with Crippen LogP contribution < -0.4 is 10.0 Å². The summed E-state index contributed by atoms with van der Waals surface area (Å²) in [5.41, 5.74) is 3.00. The van der Waals surface area contributed by atoms with Crippen LogP contribution in [0.15, 0.2) is 30.3 Å². The van der Waals surface area contributed by atoms with Gasteiger partial charge in [-0.25, -0.2) is 8.42 Å². The van der Waals surface area contributed by atoms with E-state index in [9.17, 15) is 13.2 Å². The summed E-state index contributed by atoms with van der Waals surface area (Å²) in [6, 6.07) is 8.34. The molecule has 0 saturated carbocycles. The van der Waals surface area contributed by atoms with Crippen molar-refractivity contribution in [3.63, 3.8) is 0 Å². The molecule has 8 heteroatoms. The number of hydrogen-bond donors (Lipinski definition) is 2. The second-order valence-electron chi connectivity index (χ2n) is 6.38. The first-order valence-electron chi connectivity index (χ1n) is 8.01. The Labute approximate surface area is 148 Å². The molecule has 136 valence electrons. The van der Waals surface area contributed by atoms with Crippen molar-refractivity contribution >= 4 is 21.6 Å². The SMILES string of the molecule is Cc1cc(C)n(C[C@@H](C)CNC(=O)c2ccc(NS(C)(=O)=O)cc2)n1. The van der Waals surface area contributed by atoms with E-state index in [0.29, 0.717) is 17.8 Å². The van der Waals surface area contributed by atoms with Gasteiger partial charge in [0.15, 0.2) is 0 Å². The molecule has 25 heavy (non-hydrogen) atoms. The van der Waals surface area contributed by atoms with Crippen LogP contribution in [0.4, 0.5) is 5.69 Å². The molecule has 0 bridgehead atoms. The van der Waals surface area contributed by atoms with Gasteiger partial charge in [-0.3, -0.25) is 14.2 Å². The molecule has 0 spiro atoms. The molecule has 0 radical (unpaired) electrons. The fourth-order valence-electron chi connectivity index (χ4n) is 2.49. The number of nitrogens with one attached hydrogen (secondary N) is 2. The van der Waals surface area contributed by atoms with Gasteiger partial charge in [-0.1, -0.05) is 6.92 Å². The quantitative estimate of drug-likeness (QED) is 0.785. The van der Waals surface area contributed by atoms with Gasteiger partial charge >= 0.3 is 0 Å². The first-order valence-corrected chi connectivity index (χ1v) is 9.90. The number of carbonyl (C=O) groups is 1. The zero-order chi connectivity index (χ0) is 18.6. The Bertz CT molecular complexity index is 841. The summed E-state index contributed by atoms with van der Waals surface area (Å²) < 4.78 is 26.7. The summed E-state index contributed by atoms with van der Waals surface area (Å²) >= 11 is 0. The molecular formula is C17H24N4O3S. The maximum atomic E-state index is 12.2. The van der Waals surface area contributed by atoms with E-state index < -0.39 is 10.0 Å². The molecule has 1 aromatic carbocycles. The molecule has 0 saturated heterocycles. The molecule has 2 N–H and O–H groups in total. The van der Waals surface area contributed by atoms with Crippen molar-refractivity contribution in [2.45, 2.75) is 27.3 Å². The normalized spacial score (nSPS) is 12.6. The number of nitrogens with zero attached hydrogens (tertiary/aromatic N) is 2. The van der Waals surface area contributed by atoms with E-state index in [1.807, 2.05) is 24.6 Å². The first kappa shape index (κ1) is 19.0. The van der Waals surface area contributed by atoms with Crippen molar-refractivity contribution in [3.05, 3.63) is 47.3 Å². The minimum Gasteiger partial charge on any atom is -0.352 e. The van der Waals surface area contributed by atoms with Gasteiger partial charge in [0.1, 0.15) is 0 Å². The van der Waals surface area contributed by atoms with Gasteiger partial charge in [-0.2, -0.15) is 5.10 Å². The van der Waals surface area contributed by atoms with E-state index in [0.717, 1.165) is 24.2 Å². The molecular weight excluding hydrogens is 340 g/mol. The summed E-state index contributed by atoms with van der Waals surface area (Å²) in [5.74, 6) is 0.0410. The third kappa shape index (κ3) is 5.90. The number of benzene rings is 1. The van der Waals surface area contributed by atoms with Gasteiger partial charge in [-0.15, -0.1) is 0 Å². The van der Waals surface area contributed by atoms with Gasteiger partial charge in [0, 0.05) is 30.0 Å². The molecule has 1 heterocycles. The van der Waals surface area contributed by atoms with Crippen LogP contribution in [0.5, 0.6) is 0 Å². The molecule has 1 amide bonds. The zero-order valence-electron chi connectivity index (χ0n) is 14.9. The van der Waals surface area contributed by atoms with Crippen LogP contribution >= 0.6 is 0 Å². The van der Waals surface area contributed by atoms with Crippen molar-refractivity contribution < 1.29 is 13.2 Å². The third-order valence-electron chi connectivity index (χ3n) is 3.65. The van der Waals surface area contributed by atoms with Crippen LogP contribution in [-0.4, -0.2) is 36.9 Å². The van der Waals surface area contributed by atoms with E-state index in [1.54, 1.807) is 24.3 Å². The maximum absolute atomic E-state index is 12.2. The Hall–Kier alpha value is -2.35.